The van der Waals surface area contributed by atoms with Crippen molar-refractivity contribution in [2.24, 2.45) is 0 Å². The Balaban J connectivity index is 3.41. The molecule has 0 aromatic heterocycles. The molecule has 0 fully saturated rings. The van der Waals surface area contributed by atoms with Crippen LogP contribution < -0.4 is 4.72 Å². The molecule has 0 radical (unpaired) electrons. The number of nitrogens with one attached hydrogen (secondary N) is 1. The van der Waals surface area contributed by atoms with Crippen LogP contribution in [0.4, 0.5) is 13.2 Å². The average Bonchev–Trinajstić information content (AvgIpc) is 2.44. The highest BCUT2D eigenvalue weighted by atomic mass is 32.2. The van der Waals surface area contributed by atoms with E-state index in [1.165, 1.54) is 0 Å². The minimum absolute atomic E-state index is 0.239. The zero-order valence-electron chi connectivity index (χ0n) is 11.8. The van der Waals surface area contributed by atoms with Crippen molar-refractivity contribution in [3.8, 4) is 0 Å². The molecule has 0 bridgehead atoms. The molecule has 2 N–H and O–H groups in total. The number of esters is 1. The Bertz CT molecular complexity index is 729. The van der Waals surface area contributed by atoms with Gasteiger partial charge in [-0.15, -0.1) is 0 Å². The summed E-state index contributed by atoms with van der Waals surface area (Å²) in [5.74, 6) is -2.79. The fraction of sp³-hybridized carbons (Fsp3) is 0.333. The normalized spacial score (nSPS) is 13.4. The molecular weight excluding hydrogens is 343 g/mol. The number of hydrogen-bond donors (Lipinski definition) is 2. The van der Waals surface area contributed by atoms with E-state index < -0.39 is 50.2 Å². The predicted molar refractivity (Wildman–Crippen MR) is 70.2 cm³/mol. The molecule has 0 aliphatic heterocycles. The van der Waals surface area contributed by atoms with Crippen molar-refractivity contribution in [2.45, 2.75) is 24.0 Å². The van der Waals surface area contributed by atoms with E-state index in [2.05, 4.69) is 4.74 Å². The van der Waals surface area contributed by atoms with Gasteiger partial charge in [0.25, 0.3) is 0 Å². The van der Waals surface area contributed by atoms with E-state index in [1.54, 1.807) is 4.72 Å². The molecule has 0 aliphatic rings. The van der Waals surface area contributed by atoms with Crippen molar-refractivity contribution in [1.29, 1.82) is 0 Å². The summed E-state index contributed by atoms with van der Waals surface area (Å²) in [6, 6.07) is 0.0885. The number of carbonyl (C=O) groups excluding carboxylic acids is 1. The van der Waals surface area contributed by atoms with Gasteiger partial charge in [0.05, 0.1) is 23.1 Å². The molecule has 0 heterocycles. The Hall–Kier alpha value is -2.14. The molecule has 1 atom stereocenters. The third-order valence-electron chi connectivity index (χ3n) is 2.71. The molecule has 7 nitrogen and oxygen atoms in total. The second kappa shape index (κ2) is 6.54. The van der Waals surface area contributed by atoms with E-state index in [0.717, 1.165) is 20.1 Å². The van der Waals surface area contributed by atoms with Crippen LogP contribution in [0.25, 0.3) is 0 Å². The number of sulfonamides is 1. The summed E-state index contributed by atoms with van der Waals surface area (Å²) in [4.78, 5) is 21.2. The molecule has 11 heteroatoms. The summed E-state index contributed by atoms with van der Waals surface area (Å²) in [7, 11) is -3.64. The number of carbonyl (C=O) groups is 2. The van der Waals surface area contributed by atoms with Gasteiger partial charge in [-0.1, -0.05) is 0 Å². The molecule has 0 aliphatic carbocycles. The van der Waals surface area contributed by atoms with Gasteiger partial charge in [-0.05, 0) is 25.1 Å². The number of aliphatic carboxylic acids is 1. The highest BCUT2D eigenvalue weighted by Gasteiger charge is 2.37. The van der Waals surface area contributed by atoms with E-state index in [4.69, 9.17) is 5.11 Å². The molecule has 1 aromatic rings. The summed E-state index contributed by atoms with van der Waals surface area (Å²) < 4.78 is 68.7. The van der Waals surface area contributed by atoms with Gasteiger partial charge in [-0.25, -0.2) is 13.2 Å². The van der Waals surface area contributed by atoms with Crippen LogP contribution in [0.1, 0.15) is 22.8 Å². The van der Waals surface area contributed by atoms with Crippen LogP contribution in [0.15, 0.2) is 23.1 Å². The van der Waals surface area contributed by atoms with Crippen LogP contribution in [0.3, 0.4) is 0 Å². The number of carboxylic acids is 1. The lowest BCUT2D eigenvalue weighted by Gasteiger charge is -2.15. The van der Waals surface area contributed by atoms with E-state index in [9.17, 15) is 31.2 Å². The highest BCUT2D eigenvalue weighted by molar-refractivity contribution is 7.89. The molecule has 0 saturated carbocycles. The van der Waals surface area contributed by atoms with Crippen molar-refractivity contribution in [2.75, 3.05) is 7.11 Å². The largest absolute Gasteiger partial charge is 0.480 e. The molecule has 23 heavy (non-hydrogen) atoms. The zero-order valence-corrected chi connectivity index (χ0v) is 12.7. The first-order valence-corrected chi connectivity index (χ1v) is 7.43. The van der Waals surface area contributed by atoms with Gasteiger partial charge in [0.15, 0.2) is 0 Å². The van der Waals surface area contributed by atoms with E-state index in [1.807, 2.05) is 0 Å². The average molecular weight is 355 g/mol. The third kappa shape index (κ3) is 4.42. The third-order valence-corrected chi connectivity index (χ3v) is 4.25. The second-order valence-electron chi connectivity index (χ2n) is 4.38. The van der Waals surface area contributed by atoms with Crippen LogP contribution in [0.2, 0.25) is 0 Å². The van der Waals surface area contributed by atoms with Gasteiger partial charge < -0.3 is 9.84 Å². The van der Waals surface area contributed by atoms with Crippen molar-refractivity contribution in [1.82, 2.24) is 4.72 Å². The number of alkyl halides is 3. The van der Waals surface area contributed by atoms with Crippen LogP contribution in [-0.2, 0) is 25.7 Å². The molecule has 1 rings (SSSR count). The van der Waals surface area contributed by atoms with Gasteiger partial charge in [-0.2, -0.15) is 17.9 Å². The molecular formula is C12H12F3NO6S. The van der Waals surface area contributed by atoms with Crippen molar-refractivity contribution in [3.63, 3.8) is 0 Å². The van der Waals surface area contributed by atoms with Gasteiger partial charge in [0.1, 0.15) is 6.04 Å². The number of carboxylic acid groups (broad SMARTS) is 1. The standard InChI is InChI=1S/C12H12F3NO6S/c1-6(10(17)18)16-23(20,21)7-3-4-8(11(19)22-2)9(5-7)12(13,14)15/h3-6,16H,1-2H3,(H,17,18)/t6-/m0/s1. The molecule has 128 valence electrons. The fourth-order valence-electron chi connectivity index (χ4n) is 1.56. The number of methoxy groups -OCH3 is 1. The van der Waals surface area contributed by atoms with Crippen molar-refractivity contribution < 1.29 is 41.0 Å². The molecule has 0 spiro atoms. The lowest BCUT2D eigenvalue weighted by Crippen LogP contribution is -2.38. The van der Waals surface area contributed by atoms with Gasteiger partial charge >= 0.3 is 18.1 Å². The zero-order chi connectivity index (χ0) is 18.0. The van der Waals surface area contributed by atoms with Gasteiger partial charge in [-0.3, -0.25) is 4.79 Å². The summed E-state index contributed by atoms with van der Waals surface area (Å²) in [6.07, 6.45) is -5.01. The Morgan fingerprint density at radius 2 is 1.87 bits per heavy atom. The Morgan fingerprint density at radius 3 is 2.30 bits per heavy atom. The molecule has 0 amide bonds. The lowest BCUT2D eigenvalue weighted by atomic mass is 10.1. The Labute approximate surface area is 129 Å². The first-order valence-electron chi connectivity index (χ1n) is 5.95. The maximum Gasteiger partial charge on any atom is 0.417 e. The molecule has 0 unspecified atom stereocenters. The summed E-state index contributed by atoms with van der Waals surface area (Å²) in [5, 5.41) is 8.66. The van der Waals surface area contributed by atoms with Crippen LogP contribution in [0.5, 0.6) is 0 Å². The number of ether oxygens (including phenoxy) is 1. The number of rotatable bonds is 5. The monoisotopic (exact) mass is 355 g/mol. The summed E-state index contributed by atoms with van der Waals surface area (Å²) in [6.45, 7) is 1.01. The molecule has 0 saturated heterocycles. The number of hydrogen-bond acceptors (Lipinski definition) is 5. The topological polar surface area (TPSA) is 110 Å². The summed E-state index contributed by atoms with van der Waals surface area (Å²) >= 11 is 0. The van der Waals surface area contributed by atoms with Gasteiger partial charge in [0.2, 0.25) is 10.0 Å². The van der Waals surface area contributed by atoms with Crippen LogP contribution >= 0.6 is 0 Å². The minimum Gasteiger partial charge on any atom is -0.480 e. The van der Waals surface area contributed by atoms with Crippen LogP contribution in [-0.4, -0.2) is 38.6 Å². The van der Waals surface area contributed by atoms with E-state index in [-0.39, 0.29) is 6.07 Å². The number of halogens is 3. The minimum atomic E-state index is -5.01. The number of benzene rings is 1. The Morgan fingerprint density at radius 1 is 1.30 bits per heavy atom. The maximum atomic E-state index is 13.0. The first kappa shape index (κ1) is 18.9. The second-order valence-corrected chi connectivity index (χ2v) is 6.09. The summed E-state index contributed by atoms with van der Waals surface area (Å²) in [5.41, 5.74) is -2.36. The Kier molecular flexibility index (Phi) is 5.38. The van der Waals surface area contributed by atoms with Gasteiger partial charge in [0, 0.05) is 0 Å². The van der Waals surface area contributed by atoms with Crippen molar-refractivity contribution >= 4 is 22.0 Å². The van der Waals surface area contributed by atoms with Crippen LogP contribution in [0, 0.1) is 0 Å². The quantitative estimate of drug-likeness (QED) is 0.769. The van der Waals surface area contributed by atoms with E-state index in [0.29, 0.717) is 6.07 Å². The van der Waals surface area contributed by atoms with E-state index >= 15 is 0 Å². The SMILES string of the molecule is COC(=O)c1ccc(S(=O)(=O)N[C@@H](C)C(=O)O)cc1C(F)(F)F. The smallest absolute Gasteiger partial charge is 0.417 e. The first-order chi connectivity index (χ1) is 10.4. The maximum absolute atomic E-state index is 13.0. The predicted octanol–water partition coefficient (Wildman–Crippen LogP) is 1.24. The van der Waals surface area contributed by atoms with Crippen molar-refractivity contribution in [3.05, 3.63) is 29.3 Å². The lowest BCUT2D eigenvalue weighted by molar-refractivity contribution is -0.139. The highest BCUT2D eigenvalue weighted by Crippen LogP contribution is 2.34. The fourth-order valence-corrected chi connectivity index (χ4v) is 2.79. The molecule has 1 aromatic carbocycles.